The number of benzene rings is 2. The van der Waals surface area contributed by atoms with Gasteiger partial charge < -0.3 is 4.57 Å². The van der Waals surface area contributed by atoms with Crippen molar-refractivity contribution in [2.75, 3.05) is 0 Å². The number of sulfone groups is 1. The van der Waals surface area contributed by atoms with Crippen LogP contribution in [0.4, 0.5) is 0 Å². The second-order valence-corrected chi connectivity index (χ2v) is 7.13. The van der Waals surface area contributed by atoms with Gasteiger partial charge in [0.15, 0.2) is 0 Å². The Labute approximate surface area is 130 Å². The molecule has 0 bridgehead atoms. The summed E-state index contributed by atoms with van der Waals surface area (Å²) >= 11 is 0. The normalized spacial score (nSPS) is 11.5. The van der Waals surface area contributed by atoms with Gasteiger partial charge in [0.1, 0.15) is 5.03 Å². The van der Waals surface area contributed by atoms with Crippen LogP contribution in [0, 0.1) is 13.8 Å². The van der Waals surface area contributed by atoms with Crippen molar-refractivity contribution in [1.82, 2.24) is 4.57 Å². The van der Waals surface area contributed by atoms with Gasteiger partial charge in [-0.3, -0.25) is 0 Å². The zero-order valence-corrected chi connectivity index (χ0v) is 13.3. The van der Waals surface area contributed by atoms with Gasteiger partial charge in [0, 0.05) is 11.9 Å². The number of aromatic nitrogens is 1. The molecule has 0 saturated carbocycles. The van der Waals surface area contributed by atoms with E-state index >= 15 is 0 Å². The first kappa shape index (κ1) is 14.6. The Hall–Kier alpha value is -2.33. The molecule has 0 unspecified atom stereocenters. The molecule has 0 atom stereocenters. The first-order chi connectivity index (χ1) is 10.5. The third-order valence-electron chi connectivity index (χ3n) is 3.80. The molecule has 0 saturated heterocycles. The van der Waals surface area contributed by atoms with Gasteiger partial charge in [0.25, 0.3) is 0 Å². The third kappa shape index (κ3) is 2.35. The standard InChI is InChI=1S/C18H17NO2S/c1-14-13-19(16-9-5-3-6-10-16)18(15(14)2)22(20,21)17-11-7-4-8-12-17/h3-13H,1-2H3. The fraction of sp³-hybridized carbons (Fsp3) is 0.111. The van der Waals surface area contributed by atoms with Crippen LogP contribution in [-0.4, -0.2) is 13.0 Å². The maximum Gasteiger partial charge on any atom is 0.222 e. The summed E-state index contributed by atoms with van der Waals surface area (Å²) in [5, 5.41) is 0.336. The van der Waals surface area contributed by atoms with E-state index in [0.29, 0.717) is 9.92 Å². The maximum absolute atomic E-state index is 13.0. The van der Waals surface area contributed by atoms with E-state index in [4.69, 9.17) is 0 Å². The van der Waals surface area contributed by atoms with E-state index in [1.807, 2.05) is 56.4 Å². The van der Waals surface area contributed by atoms with Gasteiger partial charge in [0.05, 0.1) is 4.90 Å². The average molecular weight is 311 g/mol. The molecule has 0 N–H and O–H groups in total. The lowest BCUT2D eigenvalue weighted by Crippen LogP contribution is -2.09. The molecule has 0 spiro atoms. The molecule has 3 rings (SSSR count). The Balaban J connectivity index is 2.28. The topological polar surface area (TPSA) is 39.1 Å². The molecular weight excluding hydrogens is 294 g/mol. The molecule has 22 heavy (non-hydrogen) atoms. The molecule has 3 aromatic rings. The van der Waals surface area contributed by atoms with E-state index in [1.165, 1.54) is 0 Å². The SMILES string of the molecule is Cc1cn(-c2ccccc2)c(S(=O)(=O)c2ccccc2)c1C. The van der Waals surface area contributed by atoms with Crippen LogP contribution in [0.5, 0.6) is 0 Å². The van der Waals surface area contributed by atoms with Crippen LogP contribution in [0.1, 0.15) is 11.1 Å². The summed E-state index contributed by atoms with van der Waals surface area (Å²) in [6.07, 6.45) is 1.88. The van der Waals surface area contributed by atoms with Crippen molar-refractivity contribution in [3.05, 3.63) is 78.0 Å². The molecule has 112 valence electrons. The molecule has 0 aliphatic carbocycles. The summed E-state index contributed by atoms with van der Waals surface area (Å²) in [7, 11) is -3.56. The van der Waals surface area contributed by atoms with Crippen LogP contribution < -0.4 is 0 Å². The molecular formula is C18H17NO2S. The van der Waals surface area contributed by atoms with Crippen molar-refractivity contribution < 1.29 is 8.42 Å². The number of nitrogens with zero attached hydrogens (tertiary/aromatic N) is 1. The summed E-state index contributed by atoms with van der Waals surface area (Å²) in [4.78, 5) is 0.313. The lowest BCUT2D eigenvalue weighted by molar-refractivity contribution is 0.589. The van der Waals surface area contributed by atoms with Gasteiger partial charge in [-0.15, -0.1) is 0 Å². The van der Waals surface area contributed by atoms with Gasteiger partial charge in [-0.1, -0.05) is 36.4 Å². The molecule has 2 aromatic carbocycles. The smallest absolute Gasteiger partial charge is 0.222 e. The zero-order valence-electron chi connectivity index (χ0n) is 12.5. The lowest BCUT2D eigenvalue weighted by atomic mass is 10.2. The Kier molecular flexibility index (Phi) is 3.62. The van der Waals surface area contributed by atoms with Gasteiger partial charge in [-0.2, -0.15) is 0 Å². The van der Waals surface area contributed by atoms with Crippen LogP contribution in [0.3, 0.4) is 0 Å². The largest absolute Gasteiger partial charge is 0.307 e. The summed E-state index contributed by atoms with van der Waals surface area (Å²) in [6, 6.07) is 18.1. The highest BCUT2D eigenvalue weighted by Gasteiger charge is 2.26. The quantitative estimate of drug-likeness (QED) is 0.735. The number of rotatable bonds is 3. The Bertz CT molecular complexity index is 895. The average Bonchev–Trinajstić information content (AvgIpc) is 2.85. The summed E-state index contributed by atoms with van der Waals surface area (Å²) in [5.74, 6) is 0. The minimum absolute atomic E-state index is 0.313. The molecule has 3 nitrogen and oxygen atoms in total. The highest BCUT2D eigenvalue weighted by Crippen LogP contribution is 2.29. The summed E-state index contributed by atoms with van der Waals surface area (Å²) in [6.45, 7) is 3.78. The number of aryl methyl sites for hydroxylation is 1. The van der Waals surface area contributed by atoms with Gasteiger partial charge in [0.2, 0.25) is 9.84 Å². The van der Waals surface area contributed by atoms with E-state index in [0.717, 1.165) is 16.8 Å². The predicted molar refractivity (Wildman–Crippen MR) is 87.1 cm³/mol. The molecule has 0 aliphatic heterocycles. The van der Waals surface area contributed by atoms with Crippen molar-refractivity contribution in [2.45, 2.75) is 23.8 Å². The Morgan fingerprint density at radius 3 is 1.95 bits per heavy atom. The number of hydrogen-bond acceptors (Lipinski definition) is 2. The van der Waals surface area contributed by atoms with Crippen molar-refractivity contribution in [2.24, 2.45) is 0 Å². The molecule has 1 heterocycles. The first-order valence-corrected chi connectivity index (χ1v) is 8.54. The van der Waals surface area contributed by atoms with E-state index in [2.05, 4.69) is 0 Å². The molecule has 0 aliphatic rings. The molecule has 4 heteroatoms. The van der Waals surface area contributed by atoms with Crippen LogP contribution in [-0.2, 0) is 9.84 Å². The highest BCUT2D eigenvalue weighted by atomic mass is 32.2. The second-order valence-electron chi connectivity index (χ2n) is 5.26. The monoisotopic (exact) mass is 311 g/mol. The minimum atomic E-state index is -3.56. The second kappa shape index (κ2) is 5.46. The summed E-state index contributed by atoms with van der Waals surface area (Å²) in [5.41, 5.74) is 2.58. The summed E-state index contributed by atoms with van der Waals surface area (Å²) < 4.78 is 27.8. The molecule has 0 amide bonds. The number of hydrogen-bond donors (Lipinski definition) is 0. The fourth-order valence-corrected chi connectivity index (χ4v) is 4.24. The lowest BCUT2D eigenvalue weighted by Gasteiger charge is -2.11. The first-order valence-electron chi connectivity index (χ1n) is 7.06. The van der Waals surface area contributed by atoms with E-state index < -0.39 is 9.84 Å². The van der Waals surface area contributed by atoms with Gasteiger partial charge in [-0.05, 0) is 49.2 Å². The molecule has 0 fully saturated rings. The van der Waals surface area contributed by atoms with Crippen molar-refractivity contribution >= 4 is 9.84 Å². The predicted octanol–water partition coefficient (Wildman–Crippen LogP) is 3.93. The molecule has 0 radical (unpaired) electrons. The van der Waals surface area contributed by atoms with Crippen molar-refractivity contribution in [3.63, 3.8) is 0 Å². The van der Waals surface area contributed by atoms with Crippen LogP contribution >= 0.6 is 0 Å². The van der Waals surface area contributed by atoms with E-state index in [1.54, 1.807) is 28.8 Å². The van der Waals surface area contributed by atoms with E-state index in [9.17, 15) is 8.42 Å². The van der Waals surface area contributed by atoms with Crippen LogP contribution in [0.2, 0.25) is 0 Å². The highest BCUT2D eigenvalue weighted by molar-refractivity contribution is 7.91. The third-order valence-corrected chi connectivity index (χ3v) is 5.70. The Morgan fingerprint density at radius 1 is 0.818 bits per heavy atom. The van der Waals surface area contributed by atoms with Crippen molar-refractivity contribution in [1.29, 1.82) is 0 Å². The maximum atomic E-state index is 13.0. The fourth-order valence-electron chi connectivity index (χ4n) is 2.52. The minimum Gasteiger partial charge on any atom is -0.307 e. The van der Waals surface area contributed by atoms with Crippen LogP contribution in [0.25, 0.3) is 5.69 Å². The van der Waals surface area contributed by atoms with Crippen molar-refractivity contribution in [3.8, 4) is 5.69 Å². The Morgan fingerprint density at radius 2 is 1.36 bits per heavy atom. The van der Waals surface area contributed by atoms with Gasteiger partial charge >= 0.3 is 0 Å². The van der Waals surface area contributed by atoms with Gasteiger partial charge in [-0.25, -0.2) is 8.42 Å². The van der Waals surface area contributed by atoms with Crippen LogP contribution in [0.15, 0.2) is 76.8 Å². The van der Waals surface area contributed by atoms with E-state index in [-0.39, 0.29) is 0 Å². The zero-order chi connectivity index (χ0) is 15.7. The molecule has 1 aromatic heterocycles. The number of para-hydroxylation sites is 1.